The number of sulfone groups is 1. The predicted octanol–water partition coefficient (Wildman–Crippen LogP) is 4.34. The molecule has 1 heterocycles. The minimum atomic E-state index is -3.62. The lowest BCUT2D eigenvalue weighted by Crippen LogP contribution is -2.56. The number of nitrogens with two attached hydrogens (primary N) is 1. The van der Waals surface area contributed by atoms with Gasteiger partial charge in [-0.2, -0.15) is 0 Å². The van der Waals surface area contributed by atoms with Gasteiger partial charge in [0.25, 0.3) is 0 Å². The summed E-state index contributed by atoms with van der Waals surface area (Å²) in [4.78, 5) is 35.2. The van der Waals surface area contributed by atoms with E-state index in [1.807, 2.05) is 30.3 Å². The summed E-state index contributed by atoms with van der Waals surface area (Å²) in [5.41, 5.74) is 8.26. The monoisotopic (exact) mass is 627 g/mol. The molecule has 2 amide bonds. The fraction of sp³-hybridized carbons (Fsp3) is 0.676. The molecule has 10 heteroatoms. The average molecular weight is 628 g/mol. The number of benzene rings is 1. The van der Waals surface area contributed by atoms with Crippen LogP contribution in [0.4, 0.5) is 0 Å². The Morgan fingerprint density at radius 3 is 2.27 bits per heavy atom. The van der Waals surface area contributed by atoms with E-state index in [-0.39, 0.29) is 42.5 Å². The molecule has 0 unspecified atom stereocenters. The quantitative estimate of drug-likeness (QED) is 0.231. The van der Waals surface area contributed by atoms with Crippen LogP contribution < -0.4 is 16.4 Å². The van der Waals surface area contributed by atoms with E-state index in [9.17, 15) is 18.0 Å². The van der Waals surface area contributed by atoms with Crippen molar-refractivity contribution in [1.82, 2.24) is 20.6 Å². The molecule has 44 heavy (non-hydrogen) atoms. The van der Waals surface area contributed by atoms with Crippen LogP contribution in [0, 0.1) is 23.7 Å². The lowest BCUT2D eigenvalue weighted by atomic mass is 9.79. The highest BCUT2D eigenvalue weighted by atomic mass is 32.2. The van der Waals surface area contributed by atoms with E-state index in [4.69, 9.17) is 5.73 Å². The van der Waals surface area contributed by atoms with E-state index in [0.29, 0.717) is 17.5 Å². The van der Waals surface area contributed by atoms with Gasteiger partial charge < -0.3 is 21.4 Å². The molecule has 1 aromatic carbocycles. The lowest BCUT2D eigenvalue weighted by Gasteiger charge is -2.35. The molecule has 5 atom stereocenters. The van der Waals surface area contributed by atoms with Crippen LogP contribution in [0.1, 0.15) is 90.3 Å². The number of aromatic amines is 1. The van der Waals surface area contributed by atoms with Crippen molar-refractivity contribution < 1.29 is 18.0 Å². The number of hydrogen-bond acceptors (Lipinski definition) is 6. The van der Waals surface area contributed by atoms with Gasteiger partial charge in [-0.1, -0.05) is 69.4 Å². The summed E-state index contributed by atoms with van der Waals surface area (Å²) < 4.78 is 25.5. The predicted molar refractivity (Wildman–Crippen MR) is 174 cm³/mol. The fourth-order valence-electron chi connectivity index (χ4n) is 6.40. The molecule has 0 spiro atoms. The van der Waals surface area contributed by atoms with E-state index in [1.165, 1.54) is 19.3 Å². The molecular weight excluding hydrogens is 574 g/mol. The number of H-pyrrole nitrogens is 1. The van der Waals surface area contributed by atoms with Crippen molar-refractivity contribution in [3.8, 4) is 0 Å². The molecule has 0 radical (unpaired) electrons. The Morgan fingerprint density at radius 2 is 1.68 bits per heavy atom. The fourth-order valence-corrected chi connectivity index (χ4v) is 7.70. The van der Waals surface area contributed by atoms with Crippen LogP contribution in [-0.2, 0) is 32.3 Å². The molecule has 0 bridgehead atoms. The molecule has 2 aliphatic rings. The third-order valence-corrected chi connectivity index (χ3v) is 12.4. The van der Waals surface area contributed by atoms with Crippen molar-refractivity contribution in [2.75, 3.05) is 5.75 Å². The number of nitrogens with one attached hydrogen (secondary N) is 3. The standard InChI is InChI=1S/C34H53N5O4S/c1-23(31(35)26-15-16-26)29(18-25-13-9-6-10-14-25)38-33(41)30(19-28-20-36-22-37-28)39-32(40)27(17-24-11-7-5-8-12-24)21-44(42,43)34(2,3)4/h5,7-8,11-12,20,22-23,25-27,29-31H,6,9-10,13-19,21,35H2,1-4H3,(H,36,37)(H,38,41)(H,39,40)/t23-,27-,29+,30+,31-/m1/s1. The van der Waals surface area contributed by atoms with Crippen molar-refractivity contribution in [3.63, 3.8) is 0 Å². The Hall–Kier alpha value is -2.72. The van der Waals surface area contributed by atoms with Crippen molar-refractivity contribution in [1.29, 1.82) is 0 Å². The summed E-state index contributed by atoms with van der Waals surface area (Å²) in [5, 5.41) is 6.29. The van der Waals surface area contributed by atoms with Crippen molar-refractivity contribution in [2.24, 2.45) is 29.4 Å². The molecule has 2 aliphatic carbocycles. The van der Waals surface area contributed by atoms with E-state index in [1.54, 1.807) is 33.3 Å². The Morgan fingerprint density at radius 1 is 1.00 bits per heavy atom. The minimum Gasteiger partial charge on any atom is -0.351 e. The third kappa shape index (κ3) is 9.64. The van der Waals surface area contributed by atoms with Crippen LogP contribution in [0.15, 0.2) is 42.9 Å². The Labute approximate surface area is 263 Å². The Balaban J connectivity index is 1.56. The molecule has 1 aromatic heterocycles. The van der Waals surface area contributed by atoms with Gasteiger partial charge in [-0.25, -0.2) is 13.4 Å². The maximum absolute atomic E-state index is 14.1. The average Bonchev–Trinajstić information content (AvgIpc) is 3.71. The first-order valence-electron chi connectivity index (χ1n) is 16.4. The number of imidazole rings is 1. The van der Waals surface area contributed by atoms with E-state index in [0.717, 1.165) is 37.7 Å². The van der Waals surface area contributed by atoms with E-state index >= 15 is 0 Å². The van der Waals surface area contributed by atoms with Gasteiger partial charge in [-0.05, 0) is 69.8 Å². The van der Waals surface area contributed by atoms with Gasteiger partial charge in [0.05, 0.1) is 22.7 Å². The molecule has 4 rings (SSSR count). The largest absolute Gasteiger partial charge is 0.351 e. The van der Waals surface area contributed by atoms with Crippen LogP contribution in [0.2, 0.25) is 0 Å². The van der Waals surface area contributed by atoms with Gasteiger partial charge in [-0.15, -0.1) is 0 Å². The molecule has 2 saturated carbocycles. The van der Waals surface area contributed by atoms with Gasteiger partial charge in [0.2, 0.25) is 11.8 Å². The van der Waals surface area contributed by atoms with Crippen LogP contribution in [-0.4, -0.2) is 58.8 Å². The summed E-state index contributed by atoms with van der Waals surface area (Å²) in [6.45, 7) is 7.09. The van der Waals surface area contributed by atoms with E-state index < -0.39 is 32.5 Å². The SMILES string of the molecule is C[C@H]([C@H](CC1CCCCC1)NC(=O)[C@H](Cc1cnc[nH]1)NC(=O)[C@H](Cc1ccccc1)CS(=O)(=O)C(C)(C)C)[C@@H](N)C1CC1. The number of carbonyl (C=O) groups is 2. The van der Waals surface area contributed by atoms with Gasteiger partial charge in [0, 0.05) is 30.4 Å². The second kappa shape index (κ2) is 15.0. The molecular formula is C34H53N5O4S. The third-order valence-electron chi connectivity index (χ3n) is 9.71. The normalized spacial score (nSPS) is 19.8. The smallest absolute Gasteiger partial charge is 0.243 e. The number of rotatable bonds is 15. The van der Waals surface area contributed by atoms with Crippen LogP contribution >= 0.6 is 0 Å². The van der Waals surface area contributed by atoms with Crippen molar-refractivity contribution in [3.05, 3.63) is 54.1 Å². The second-order valence-electron chi connectivity index (χ2n) is 14.3. The Kier molecular flexibility index (Phi) is 11.7. The molecule has 2 fully saturated rings. The number of amides is 2. The number of hydrogen-bond donors (Lipinski definition) is 4. The second-order valence-corrected chi connectivity index (χ2v) is 17.0. The Bertz CT molecular complexity index is 1300. The van der Waals surface area contributed by atoms with Crippen molar-refractivity contribution >= 4 is 21.7 Å². The lowest BCUT2D eigenvalue weighted by molar-refractivity contribution is -0.131. The number of nitrogens with zero attached hydrogens (tertiary/aromatic N) is 1. The minimum absolute atomic E-state index is 0.0161. The number of carbonyl (C=O) groups excluding carboxylic acids is 2. The summed E-state index contributed by atoms with van der Waals surface area (Å²) in [6, 6.07) is 8.41. The molecule has 5 N–H and O–H groups in total. The van der Waals surface area contributed by atoms with Crippen molar-refractivity contribution in [2.45, 2.75) is 115 Å². The van der Waals surface area contributed by atoms with Gasteiger partial charge in [0.15, 0.2) is 9.84 Å². The summed E-state index contributed by atoms with van der Waals surface area (Å²) in [7, 11) is -3.62. The highest BCUT2D eigenvalue weighted by molar-refractivity contribution is 7.92. The molecule has 0 aliphatic heterocycles. The number of aromatic nitrogens is 2. The highest BCUT2D eigenvalue weighted by Gasteiger charge is 2.39. The molecule has 2 aromatic rings. The zero-order valence-electron chi connectivity index (χ0n) is 26.9. The maximum atomic E-state index is 14.1. The summed E-state index contributed by atoms with van der Waals surface area (Å²) in [6.07, 6.45) is 12.8. The molecule has 244 valence electrons. The zero-order valence-corrected chi connectivity index (χ0v) is 27.7. The highest BCUT2D eigenvalue weighted by Crippen LogP contribution is 2.37. The zero-order chi connectivity index (χ0) is 31.9. The van der Waals surface area contributed by atoms with E-state index in [2.05, 4.69) is 27.5 Å². The summed E-state index contributed by atoms with van der Waals surface area (Å²) >= 11 is 0. The van der Waals surface area contributed by atoms with Crippen LogP contribution in [0.3, 0.4) is 0 Å². The van der Waals surface area contributed by atoms with Gasteiger partial charge >= 0.3 is 0 Å². The molecule has 9 nitrogen and oxygen atoms in total. The molecule has 0 saturated heterocycles. The van der Waals surface area contributed by atoms with Gasteiger partial charge in [-0.3, -0.25) is 9.59 Å². The topological polar surface area (TPSA) is 147 Å². The summed E-state index contributed by atoms with van der Waals surface area (Å²) in [5.74, 6) is -0.763. The first kappa shape index (κ1) is 34.2. The van der Waals surface area contributed by atoms with Gasteiger partial charge in [0.1, 0.15) is 6.04 Å². The van der Waals surface area contributed by atoms with Crippen LogP contribution in [0.25, 0.3) is 0 Å². The maximum Gasteiger partial charge on any atom is 0.243 e. The van der Waals surface area contributed by atoms with Crippen LogP contribution in [0.5, 0.6) is 0 Å². The first-order valence-corrected chi connectivity index (χ1v) is 18.1. The first-order chi connectivity index (χ1) is 20.8.